The number of phenolic OH excluding ortho intramolecular Hbond substituents is 1. The number of aromatic hydroxyl groups is 1. The number of hydrogen-bond donors (Lipinski definition) is 2. The maximum Gasteiger partial charge on any atom is 0.163 e. The van der Waals surface area contributed by atoms with Crippen LogP contribution in [-0.4, -0.2) is 51.4 Å². The van der Waals surface area contributed by atoms with Gasteiger partial charge in [-0.2, -0.15) is 0 Å². The van der Waals surface area contributed by atoms with Crippen molar-refractivity contribution in [3.8, 4) is 17.0 Å². The molecule has 3 heterocycles. The van der Waals surface area contributed by atoms with Crippen molar-refractivity contribution in [1.29, 1.82) is 0 Å². The van der Waals surface area contributed by atoms with Crippen molar-refractivity contribution >= 4 is 45.7 Å². The standard InChI is InChI=1S/C27H30Cl2N4O2.CH4/c1-16(34)20-14-30-24-9-8-23(18-12-21(28)27(35)22(29)13-18)32-26(24)25(20)31-19-6-4-17(5-7-19)15-33-10-2-3-11-33;/h8-9,12-14,17,19,35H,2-7,10-11,15H2,1H3,(H,30,31);1H4. The number of benzene rings is 1. The number of aromatic nitrogens is 2. The molecule has 6 nitrogen and oxygen atoms in total. The van der Waals surface area contributed by atoms with E-state index in [0.717, 1.165) is 24.4 Å². The first-order chi connectivity index (χ1) is 16.9. The quantitative estimate of drug-likeness (QED) is 0.329. The number of rotatable bonds is 6. The van der Waals surface area contributed by atoms with Crippen molar-refractivity contribution in [1.82, 2.24) is 14.9 Å². The molecule has 1 saturated heterocycles. The lowest BCUT2D eigenvalue weighted by Gasteiger charge is -2.32. The summed E-state index contributed by atoms with van der Waals surface area (Å²) in [6.45, 7) is 5.26. The van der Waals surface area contributed by atoms with E-state index >= 15 is 0 Å². The molecule has 2 N–H and O–H groups in total. The van der Waals surface area contributed by atoms with Gasteiger partial charge < -0.3 is 15.3 Å². The number of phenols is 1. The van der Waals surface area contributed by atoms with Crippen LogP contribution in [0, 0.1) is 5.92 Å². The highest BCUT2D eigenvalue weighted by Crippen LogP contribution is 2.37. The van der Waals surface area contributed by atoms with Crippen LogP contribution < -0.4 is 5.32 Å². The van der Waals surface area contributed by atoms with Gasteiger partial charge in [-0.25, -0.2) is 4.98 Å². The van der Waals surface area contributed by atoms with E-state index < -0.39 is 0 Å². The van der Waals surface area contributed by atoms with E-state index in [9.17, 15) is 9.90 Å². The van der Waals surface area contributed by atoms with Crippen molar-refractivity contribution in [3.63, 3.8) is 0 Å². The minimum atomic E-state index is -0.152. The van der Waals surface area contributed by atoms with E-state index in [1.807, 2.05) is 12.1 Å². The zero-order valence-corrected chi connectivity index (χ0v) is 21.4. The van der Waals surface area contributed by atoms with E-state index in [2.05, 4.69) is 15.2 Å². The van der Waals surface area contributed by atoms with Crippen LogP contribution in [0.4, 0.5) is 5.69 Å². The van der Waals surface area contributed by atoms with Gasteiger partial charge in [0.1, 0.15) is 5.52 Å². The van der Waals surface area contributed by atoms with Gasteiger partial charge in [0.15, 0.2) is 11.5 Å². The second kappa shape index (κ2) is 11.3. The Morgan fingerprint density at radius 1 is 1.11 bits per heavy atom. The number of hydrogen-bond acceptors (Lipinski definition) is 6. The van der Waals surface area contributed by atoms with E-state index in [1.165, 1.54) is 45.3 Å². The topological polar surface area (TPSA) is 78.3 Å². The van der Waals surface area contributed by atoms with Gasteiger partial charge in [0, 0.05) is 24.3 Å². The van der Waals surface area contributed by atoms with Gasteiger partial charge in [-0.05, 0) is 88.7 Å². The SMILES string of the molecule is C.CC(=O)c1cnc2ccc(-c3cc(Cl)c(O)c(Cl)c3)nc2c1NC1CCC(CN2CCCC2)CC1. The summed E-state index contributed by atoms with van der Waals surface area (Å²) < 4.78 is 0. The predicted octanol–water partition coefficient (Wildman–Crippen LogP) is 7.21. The van der Waals surface area contributed by atoms with Crippen LogP contribution in [0.2, 0.25) is 10.0 Å². The smallest absolute Gasteiger partial charge is 0.163 e. The number of likely N-dealkylation sites (tertiary alicyclic amines) is 1. The number of pyridine rings is 2. The van der Waals surface area contributed by atoms with Crippen LogP contribution in [0.3, 0.4) is 0 Å². The Morgan fingerprint density at radius 3 is 2.42 bits per heavy atom. The maximum atomic E-state index is 12.5. The molecule has 0 spiro atoms. The van der Waals surface area contributed by atoms with E-state index in [0.29, 0.717) is 27.9 Å². The lowest BCUT2D eigenvalue weighted by atomic mass is 9.85. The zero-order valence-electron chi connectivity index (χ0n) is 19.9. The van der Waals surface area contributed by atoms with Crippen LogP contribution in [-0.2, 0) is 0 Å². The van der Waals surface area contributed by atoms with Gasteiger partial charge in [0.05, 0.1) is 32.5 Å². The number of anilines is 1. The van der Waals surface area contributed by atoms with Crippen LogP contribution >= 0.6 is 23.2 Å². The lowest BCUT2D eigenvalue weighted by Crippen LogP contribution is -2.33. The largest absolute Gasteiger partial charge is 0.505 e. The Morgan fingerprint density at radius 2 is 1.78 bits per heavy atom. The summed E-state index contributed by atoms with van der Waals surface area (Å²) >= 11 is 12.3. The Balaban J connectivity index is 0.00000304. The fourth-order valence-electron chi connectivity index (χ4n) is 5.38. The number of halogens is 2. The Bertz CT molecular complexity index is 1230. The average molecular weight is 530 g/mol. The molecule has 0 bridgehead atoms. The van der Waals surface area contributed by atoms with E-state index in [4.69, 9.17) is 28.2 Å². The second-order valence-corrected chi connectivity index (χ2v) is 10.6. The van der Waals surface area contributed by atoms with Crippen molar-refractivity contribution in [2.75, 3.05) is 25.0 Å². The molecule has 5 rings (SSSR count). The van der Waals surface area contributed by atoms with E-state index in [1.54, 1.807) is 25.3 Å². The Kier molecular flexibility index (Phi) is 8.38. The number of nitrogens with zero attached hydrogens (tertiary/aromatic N) is 3. The van der Waals surface area contributed by atoms with Gasteiger partial charge in [-0.15, -0.1) is 0 Å². The highest BCUT2D eigenvalue weighted by Gasteiger charge is 2.26. The highest BCUT2D eigenvalue weighted by molar-refractivity contribution is 6.37. The molecule has 1 aliphatic carbocycles. The van der Waals surface area contributed by atoms with E-state index in [-0.39, 0.29) is 35.0 Å². The first-order valence-electron chi connectivity index (χ1n) is 12.4. The third kappa shape index (κ3) is 5.61. The molecule has 0 radical (unpaired) electrons. The summed E-state index contributed by atoms with van der Waals surface area (Å²) in [5.74, 6) is 0.551. The van der Waals surface area contributed by atoms with Crippen LogP contribution in [0.1, 0.15) is 63.2 Å². The summed E-state index contributed by atoms with van der Waals surface area (Å²) in [7, 11) is 0. The fraction of sp³-hybridized carbons (Fsp3) is 0.464. The molecule has 2 fully saturated rings. The second-order valence-electron chi connectivity index (χ2n) is 9.83. The van der Waals surface area contributed by atoms with Gasteiger partial charge in [0.2, 0.25) is 0 Å². The maximum absolute atomic E-state index is 12.5. The molecule has 36 heavy (non-hydrogen) atoms. The van der Waals surface area contributed by atoms with Gasteiger partial charge in [-0.3, -0.25) is 9.78 Å². The molecule has 1 aromatic carbocycles. The lowest BCUT2D eigenvalue weighted by molar-refractivity contribution is 0.101. The molecule has 3 aromatic rings. The predicted molar refractivity (Wildman–Crippen MR) is 148 cm³/mol. The zero-order chi connectivity index (χ0) is 24.5. The first kappa shape index (κ1) is 26.6. The van der Waals surface area contributed by atoms with Crippen LogP contribution in [0.25, 0.3) is 22.3 Å². The molecule has 0 atom stereocenters. The summed E-state index contributed by atoms with van der Waals surface area (Å²) in [6.07, 6.45) is 8.83. The van der Waals surface area contributed by atoms with Crippen LogP contribution in [0.5, 0.6) is 5.75 Å². The molecule has 2 aromatic heterocycles. The number of ketones is 1. The van der Waals surface area contributed by atoms with Gasteiger partial charge in [-0.1, -0.05) is 30.6 Å². The van der Waals surface area contributed by atoms with Crippen molar-refractivity contribution in [2.24, 2.45) is 5.92 Å². The molecular weight excluding hydrogens is 495 g/mol. The van der Waals surface area contributed by atoms with Gasteiger partial charge >= 0.3 is 0 Å². The average Bonchev–Trinajstić information content (AvgIpc) is 3.36. The van der Waals surface area contributed by atoms with Crippen molar-refractivity contribution in [3.05, 3.63) is 46.1 Å². The molecule has 2 aliphatic rings. The van der Waals surface area contributed by atoms with Crippen LogP contribution in [0.15, 0.2) is 30.5 Å². The summed E-state index contributed by atoms with van der Waals surface area (Å²) in [4.78, 5) is 24.5. The Labute approximate surface area is 223 Å². The van der Waals surface area contributed by atoms with Gasteiger partial charge in [0.25, 0.3) is 0 Å². The summed E-state index contributed by atoms with van der Waals surface area (Å²) in [5, 5.41) is 13.9. The molecule has 192 valence electrons. The third-order valence-electron chi connectivity index (χ3n) is 7.32. The van der Waals surface area contributed by atoms with Crippen molar-refractivity contribution in [2.45, 2.75) is 58.9 Å². The molecule has 1 aliphatic heterocycles. The molecule has 1 saturated carbocycles. The number of carbonyl (C=O) groups is 1. The third-order valence-corrected chi connectivity index (χ3v) is 7.89. The minimum absolute atomic E-state index is 0. The monoisotopic (exact) mass is 528 g/mol. The number of Topliss-reactive ketones (excluding diaryl/α,β-unsaturated/α-hetero) is 1. The normalized spacial score (nSPS) is 20.3. The molecule has 8 heteroatoms. The molecular formula is C28H34Cl2N4O2. The minimum Gasteiger partial charge on any atom is -0.505 e. The number of nitrogens with one attached hydrogen (secondary N) is 1. The summed E-state index contributed by atoms with van der Waals surface area (Å²) in [5.41, 5.74) is 3.96. The first-order valence-corrected chi connectivity index (χ1v) is 13.1. The molecule has 0 unspecified atom stereocenters. The van der Waals surface area contributed by atoms with Crippen molar-refractivity contribution < 1.29 is 9.90 Å². The Hall–Kier alpha value is -2.41. The number of fused-ring (bicyclic) bond motifs is 1. The molecule has 0 amide bonds. The fourth-order valence-corrected chi connectivity index (χ4v) is 5.86. The highest BCUT2D eigenvalue weighted by atomic mass is 35.5. The summed E-state index contributed by atoms with van der Waals surface area (Å²) in [6, 6.07) is 7.28. The number of carbonyl (C=O) groups excluding carboxylic acids is 1.